The van der Waals surface area contributed by atoms with Gasteiger partial charge >= 0.3 is 0 Å². The predicted octanol–water partition coefficient (Wildman–Crippen LogP) is 4.11. The van der Waals surface area contributed by atoms with Crippen LogP contribution in [0.5, 0.6) is 0 Å². The first kappa shape index (κ1) is 26.7. The van der Waals surface area contributed by atoms with Gasteiger partial charge in [0.25, 0.3) is 17.7 Å². The summed E-state index contributed by atoms with van der Waals surface area (Å²) in [4.78, 5) is 44.0. The third-order valence-corrected chi connectivity index (χ3v) is 6.80. The van der Waals surface area contributed by atoms with Crippen LogP contribution >= 0.6 is 0 Å². The summed E-state index contributed by atoms with van der Waals surface area (Å²) >= 11 is 0. The maximum absolute atomic E-state index is 13.0. The summed E-state index contributed by atoms with van der Waals surface area (Å²) in [5, 5.41) is 5.98. The molecule has 8 nitrogen and oxygen atoms in total. The van der Waals surface area contributed by atoms with E-state index < -0.39 is 0 Å². The molecule has 0 bridgehead atoms. The number of amides is 3. The highest BCUT2D eigenvalue weighted by Gasteiger charge is 2.25. The Balaban J connectivity index is 1.26. The Bertz CT molecular complexity index is 1260. The van der Waals surface area contributed by atoms with Crippen molar-refractivity contribution in [3.05, 3.63) is 89.5 Å². The largest absolute Gasteiger partial charge is 0.378 e. The Hall–Kier alpha value is -4.33. The number of rotatable bonds is 7. The van der Waals surface area contributed by atoms with E-state index in [1.54, 1.807) is 36.4 Å². The van der Waals surface area contributed by atoms with E-state index in [2.05, 4.69) is 10.6 Å². The number of likely N-dealkylation sites (tertiary alicyclic amines) is 1. The van der Waals surface area contributed by atoms with Gasteiger partial charge in [0, 0.05) is 81.1 Å². The van der Waals surface area contributed by atoms with E-state index in [1.165, 1.54) is 0 Å². The number of benzene rings is 3. The number of nitrogens with one attached hydrogen (secondary N) is 2. The van der Waals surface area contributed by atoms with Gasteiger partial charge in [-0.3, -0.25) is 14.4 Å². The second kappa shape index (κ2) is 11.8. The maximum atomic E-state index is 13.0. The van der Waals surface area contributed by atoms with Gasteiger partial charge in [-0.2, -0.15) is 0 Å². The van der Waals surface area contributed by atoms with Crippen molar-refractivity contribution in [1.82, 2.24) is 10.2 Å². The fraction of sp³-hybridized carbons (Fsp3) is 0.300. The van der Waals surface area contributed by atoms with Gasteiger partial charge in [0.1, 0.15) is 0 Å². The fourth-order valence-electron chi connectivity index (χ4n) is 4.40. The van der Waals surface area contributed by atoms with Crippen molar-refractivity contribution in [1.29, 1.82) is 0 Å². The van der Waals surface area contributed by atoms with E-state index in [4.69, 9.17) is 0 Å². The fourth-order valence-corrected chi connectivity index (χ4v) is 4.40. The summed E-state index contributed by atoms with van der Waals surface area (Å²) in [6.45, 7) is 1.15. The van der Waals surface area contributed by atoms with Gasteiger partial charge in [0.15, 0.2) is 0 Å². The molecule has 1 heterocycles. The highest BCUT2D eigenvalue weighted by molar-refractivity contribution is 6.04. The average molecular weight is 514 g/mol. The van der Waals surface area contributed by atoms with E-state index in [9.17, 15) is 14.4 Å². The lowest BCUT2D eigenvalue weighted by Crippen LogP contribution is -2.46. The highest BCUT2D eigenvalue weighted by atomic mass is 16.2. The standard InChI is InChI=1S/C30H35N5O3/c1-33(2)26-13-7-21(8-14-26)28(36)31-24-11-5-23(6-12-24)30(38)35-19-17-25(18-20-35)32-29(37)22-9-15-27(16-10-22)34(3)4/h5-16,25H,17-20H2,1-4H3,(H,31,36)(H,32,37). The molecule has 0 atom stereocenters. The summed E-state index contributed by atoms with van der Waals surface area (Å²) in [6, 6.07) is 21.9. The Labute approximate surface area is 224 Å². The molecular formula is C30H35N5O3. The number of nitrogens with zero attached hydrogens (tertiary/aromatic N) is 3. The van der Waals surface area contributed by atoms with Gasteiger partial charge in [-0.1, -0.05) is 0 Å². The van der Waals surface area contributed by atoms with Crippen molar-refractivity contribution in [2.24, 2.45) is 0 Å². The molecule has 1 aliphatic heterocycles. The van der Waals surface area contributed by atoms with Crippen LogP contribution in [-0.2, 0) is 0 Å². The molecule has 1 saturated heterocycles. The molecule has 0 unspecified atom stereocenters. The number of carbonyl (C=O) groups is 3. The minimum absolute atomic E-state index is 0.0319. The maximum Gasteiger partial charge on any atom is 0.255 e. The van der Waals surface area contributed by atoms with Gasteiger partial charge in [-0.25, -0.2) is 0 Å². The van der Waals surface area contributed by atoms with Crippen molar-refractivity contribution < 1.29 is 14.4 Å². The quantitative estimate of drug-likeness (QED) is 0.497. The Morgan fingerprint density at radius 3 is 1.58 bits per heavy atom. The van der Waals surface area contributed by atoms with Crippen LogP contribution < -0.4 is 20.4 Å². The lowest BCUT2D eigenvalue weighted by atomic mass is 10.0. The van der Waals surface area contributed by atoms with Gasteiger partial charge in [-0.15, -0.1) is 0 Å². The molecule has 0 aliphatic carbocycles. The molecular weight excluding hydrogens is 478 g/mol. The van der Waals surface area contributed by atoms with E-state index in [-0.39, 0.29) is 23.8 Å². The molecule has 3 aromatic rings. The second-order valence-electron chi connectivity index (χ2n) is 9.95. The van der Waals surface area contributed by atoms with Crippen LogP contribution in [0, 0.1) is 0 Å². The molecule has 3 amide bonds. The summed E-state index contributed by atoms with van der Waals surface area (Å²) in [5.41, 5.74) is 4.46. The molecule has 0 aromatic heterocycles. The van der Waals surface area contributed by atoms with Gasteiger partial charge in [0.2, 0.25) is 0 Å². The first-order valence-electron chi connectivity index (χ1n) is 12.8. The number of hydrogen-bond acceptors (Lipinski definition) is 5. The number of anilines is 3. The molecule has 1 aliphatic rings. The van der Waals surface area contributed by atoms with Crippen molar-refractivity contribution in [3.63, 3.8) is 0 Å². The van der Waals surface area contributed by atoms with Crippen LogP contribution in [0.4, 0.5) is 17.1 Å². The lowest BCUT2D eigenvalue weighted by Gasteiger charge is -2.32. The van der Waals surface area contributed by atoms with Crippen LogP contribution in [-0.4, -0.2) is 69.9 Å². The van der Waals surface area contributed by atoms with E-state index in [1.807, 2.05) is 79.3 Å². The molecule has 8 heteroatoms. The third kappa shape index (κ3) is 6.51. The third-order valence-electron chi connectivity index (χ3n) is 6.80. The SMILES string of the molecule is CN(C)c1ccc(C(=O)Nc2ccc(C(=O)N3CCC(NC(=O)c4ccc(N(C)C)cc4)CC3)cc2)cc1. The zero-order chi connectivity index (χ0) is 27.2. The zero-order valence-corrected chi connectivity index (χ0v) is 22.4. The van der Waals surface area contributed by atoms with Crippen LogP contribution in [0.15, 0.2) is 72.8 Å². The predicted molar refractivity (Wildman–Crippen MR) is 152 cm³/mol. The summed E-state index contributed by atoms with van der Waals surface area (Å²) < 4.78 is 0. The Morgan fingerprint density at radius 2 is 1.11 bits per heavy atom. The van der Waals surface area contributed by atoms with Gasteiger partial charge in [-0.05, 0) is 85.6 Å². The van der Waals surface area contributed by atoms with Gasteiger partial charge in [0.05, 0.1) is 0 Å². The number of hydrogen-bond donors (Lipinski definition) is 2. The number of carbonyl (C=O) groups excluding carboxylic acids is 3. The summed E-state index contributed by atoms with van der Waals surface area (Å²) in [5.74, 6) is -0.343. The molecule has 38 heavy (non-hydrogen) atoms. The van der Waals surface area contributed by atoms with E-state index in [0.29, 0.717) is 48.3 Å². The van der Waals surface area contributed by atoms with Crippen molar-refractivity contribution in [2.75, 3.05) is 56.4 Å². The minimum Gasteiger partial charge on any atom is -0.378 e. The topological polar surface area (TPSA) is 85.0 Å². The van der Waals surface area contributed by atoms with Crippen LogP contribution in [0.2, 0.25) is 0 Å². The van der Waals surface area contributed by atoms with Crippen molar-refractivity contribution in [3.8, 4) is 0 Å². The van der Waals surface area contributed by atoms with Crippen molar-refractivity contribution >= 4 is 34.8 Å². The highest BCUT2D eigenvalue weighted by Crippen LogP contribution is 2.19. The smallest absolute Gasteiger partial charge is 0.255 e. The Kier molecular flexibility index (Phi) is 8.31. The van der Waals surface area contributed by atoms with Crippen LogP contribution in [0.1, 0.15) is 43.9 Å². The summed E-state index contributed by atoms with van der Waals surface area (Å²) in [7, 11) is 7.82. The molecule has 0 radical (unpaired) electrons. The van der Waals surface area contributed by atoms with Crippen LogP contribution in [0.25, 0.3) is 0 Å². The minimum atomic E-state index is -0.202. The molecule has 0 saturated carbocycles. The van der Waals surface area contributed by atoms with Crippen LogP contribution in [0.3, 0.4) is 0 Å². The van der Waals surface area contributed by atoms with Gasteiger partial charge < -0.3 is 25.3 Å². The molecule has 1 fully saturated rings. The van der Waals surface area contributed by atoms with E-state index >= 15 is 0 Å². The molecule has 198 valence electrons. The first-order chi connectivity index (χ1) is 18.2. The normalized spacial score (nSPS) is 13.5. The monoisotopic (exact) mass is 513 g/mol. The molecule has 3 aromatic carbocycles. The zero-order valence-electron chi connectivity index (χ0n) is 22.4. The summed E-state index contributed by atoms with van der Waals surface area (Å²) in [6.07, 6.45) is 1.40. The lowest BCUT2D eigenvalue weighted by molar-refractivity contribution is 0.0698. The average Bonchev–Trinajstić information content (AvgIpc) is 2.93. The molecule has 0 spiro atoms. The van der Waals surface area contributed by atoms with Crippen molar-refractivity contribution in [2.45, 2.75) is 18.9 Å². The molecule has 4 rings (SSSR count). The first-order valence-corrected chi connectivity index (χ1v) is 12.8. The Morgan fingerprint density at radius 1 is 0.658 bits per heavy atom. The van der Waals surface area contributed by atoms with E-state index in [0.717, 1.165) is 11.4 Å². The molecule has 2 N–H and O–H groups in total. The number of piperidine rings is 1. The second-order valence-corrected chi connectivity index (χ2v) is 9.95.